The van der Waals surface area contributed by atoms with Crippen LogP contribution >= 0.6 is 11.3 Å². The number of halogens is 2. The van der Waals surface area contributed by atoms with Gasteiger partial charge in [0.15, 0.2) is 0 Å². The minimum Gasteiger partial charge on any atom is -0.342 e. The van der Waals surface area contributed by atoms with Gasteiger partial charge in [0.05, 0.1) is 27.8 Å². The van der Waals surface area contributed by atoms with Crippen molar-refractivity contribution in [2.45, 2.75) is 26.4 Å². The summed E-state index contributed by atoms with van der Waals surface area (Å²) < 4.78 is 28.3. The molecule has 4 aromatic rings. The van der Waals surface area contributed by atoms with Crippen molar-refractivity contribution in [2.75, 3.05) is 0 Å². The Balaban J connectivity index is 1.67. The summed E-state index contributed by atoms with van der Waals surface area (Å²) in [6, 6.07) is 15.4. The molecular weight excluding hydrogens is 394 g/mol. The normalized spacial score (nSPS) is 12.4. The van der Waals surface area contributed by atoms with Crippen LogP contribution in [0.25, 0.3) is 22.3 Å². The summed E-state index contributed by atoms with van der Waals surface area (Å²) in [5.74, 6) is -0.258. The molecule has 0 aliphatic heterocycles. The van der Waals surface area contributed by atoms with Crippen molar-refractivity contribution in [1.29, 1.82) is 0 Å². The number of rotatable bonds is 5. The van der Waals surface area contributed by atoms with Crippen LogP contribution in [-0.4, -0.2) is 20.4 Å². The van der Waals surface area contributed by atoms with Crippen LogP contribution in [0.5, 0.6) is 0 Å². The van der Waals surface area contributed by atoms with Crippen LogP contribution in [0, 0.1) is 6.92 Å². The highest BCUT2D eigenvalue weighted by molar-refractivity contribution is 7.14. The lowest BCUT2D eigenvalue weighted by Crippen LogP contribution is -2.28. The predicted molar refractivity (Wildman–Crippen MR) is 109 cm³/mol. The summed E-state index contributed by atoms with van der Waals surface area (Å²) in [5.41, 5.74) is 2.20. The molecular formula is C21H18F2N4OS. The molecule has 4 rings (SSSR count). The highest BCUT2D eigenvalue weighted by atomic mass is 32.1. The standard InChI is InChI=1S/C21H18F2N4OS/c1-12(19-26-15-10-6-7-11-16(15)27(19)21(22)23)24-20(28)18-17(25-13(2)29-18)14-8-4-3-5-9-14/h3-12,21H,1-2H3,(H,24,28). The van der Waals surface area contributed by atoms with Crippen molar-refractivity contribution in [3.63, 3.8) is 0 Å². The van der Waals surface area contributed by atoms with Gasteiger partial charge >= 0.3 is 6.55 Å². The second-order valence-corrected chi connectivity index (χ2v) is 7.78. The monoisotopic (exact) mass is 412 g/mol. The number of amides is 1. The Morgan fingerprint density at radius 1 is 1.07 bits per heavy atom. The molecule has 1 atom stereocenters. The smallest absolute Gasteiger partial charge is 0.320 e. The van der Waals surface area contributed by atoms with Gasteiger partial charge in [0.1, 0.15) is 10.7 Å². The molecule has 0 fully saturated rings. The summed E-state index contributed by atoms with van der Waals surface area (Å²) in [7, 11) is 0. The van der Waals surface area contributed by atoms with E-state index in [1.54, 1.807) is 31.2 Å². The number of hydrogen-bond donors (Lipinski definition) is 1. The summed E-state index contributed by atoms with van der Waals surface area (Å²) in [6.07, 6.45) is 0. The van der Waals surface area contributed by atoms with Gasteiger partial charge in [-0.2, -0.15) is 8.78 Å². The van der Waals surface area contributed by atoms with E-state index < -0.39 is 12.6 Å². The molecule has 0 aliphatic carbocycles. The van der Waals surface area contributed by atoms with E-state index in [0.717, 1.165) is 15.1 Å². The van der Waals surface area contributed by atoms with Gasteiger partial charge in [-0.1, -0.05) is 42.5 Å². The van der Waals surface area contributed by atoms with Crippen molar-refractivity contribution in [1.82, 2.24) is 19.9 Å². The number of benzene rings is 2. The molecule has 29 heavy (non-hydrogen) atoms. The molecule has 8 heteroatoms. The highest BCUT2D eigenvalue weighted by Gasteiger charge is 2.25. The number of nitrogens with one attached hydrogen (secondary N) is 1. The number of aromatic nitrogens is 3. The molecule has 1 N–H and O–H groups in total. The molecule has 0 aliphatic rings. The van der Waals surface area contributed by atoms with Crippen molar-refractivity contribution < 1.29 is 13.6 Å². The lowest BCUT2D eigenvalue weighted by molar-refractivity contribution is 0.0688. The van der Waals surface area contributed by atoms with E-state index in [1.807, 2.05) is 37.3 Å². The third kappa shape index (κ3) is 3.63. The number of fused-ring (bicyclic) bond motifs is 1. The second kappa shape index (κ2) is 7.71. The number of carbonyl (C=O) groups excluding carboxylic acids is 1. The molecule has 0 radical (unpaired) electrons. The van der Waals surface area contributed by atoms with E-state index in [4.69, 9.17) is 0 Å². The minimum absolute atomic E-state index is 0.108. The molecule has 0 saturated carbocycles. The third-order valence-corrected chi connectivity index (χ3v) is 5.51. The van der Waals surface area contributed by atoms with Gasteiger partial charge in [0, 0.05) is 5.56 Å². The Labute approximate surface area is 170 Å². The lowest BCUT2D eigenvalue weighted by Gasteiger charge is -2.15. The van der Waals surface area contributed by atoms with Crippen LogP contribution in [0.15, 0.2) is 54.6 Å². The Morgan fingerprint density at radius 2 is 1.76 bits per heavy atom. The number of imidazole rings is 1. The number of hydrogen-bond acceptors (Lipinski definition) is 4. The zero-order valence-electron chi connectivity index (χ0n) is 15.8. The minimum atomic E-state index is -2.76. The van der Waals surface area contributed by atoms with Crippen LogP contribution < -0.4 is 5.32 Å². The van der Waals surface area contributed by atoms with Gasteiger partial charge in [-0.05, 0) is 26.0 Å². The van der Waals surface area contributed by atoms with Crippen molar-refractivity contribution in [3.8, 4) is 11.3 Å². The molecule has 2 aromatic heterocycles. The van der Waals surface area contributed by atoms with Crippen LogP contribution in [0.1, 0.15) is 40.0 Å². The number of alkyl halides is 2. The van der Waals surface area contributed by atoms with Gasteiger partial charge in [-0.25, -0.2) is 9.97 Å². The average Bonchev–Trinajstić information content (AvgIpc) is 3.29. The van der Waals surface area contributed by atoms with Gasteiger partial charge < -0.3 is 5.32 Å². The Kier molecular flexibility index (Phi) is 5.10. The first-order valence-corrected chi connectivity index (χ1v) is 9.86. The number of para-hydroxylation sites is 2. The Bertz CT molecular complexity index is 1170. The molecule has 1 unspecified atom stereocenters. The van der Waals surface area contributed by atoms with E-state index in [0.29, 0.717) is 21.6 Å². The Morgan fingerprint density at radius 3 is 2.48 bits per heavy atom. The van der Waals surface area contributed by atoms with E-state index in [2.05, 4.69) is 15.3 Å². The molecule has 0 spiro atoms. The van der Waals surface area contributed by atoms with Crippen LogP contribution in [0.2, 0.25) is 0 Å². The maximum absolute atomic E-state index is 13.7. The molecule has 1 amide bonds. The predicted octanol–water partition coefficient (Wildman–Crippen LogP) is 5.35. The zero-order chi connectivity index (χ0) is 20.5. The Hall–Kier alpha value is -3.13. The van der Waals surface area contributed by atoms with E-state index >= 15 is 0 Å². The van der Waals surface area contributed by atoms with Crippen LogP contribution in [-0.2, 0) is 0 Å². The molecule has 0 saturated heterocycles. The average molecular weight is 412 g/mol. The second-order valence-electron chi connectivity index (χ2n) is 6.58. The molecule has 148 valence electrons. The number of nitrogens with zero attached hydrogens (tertiary/aromatic N) is 3. The SMILES string of the molecule is Cc1nc(-c2ccccc2)c(C(=O)NC(C)c2nc3ccccc3n2C(F)F)s1. The quantitative estimate of drug-likeness (QED) is 0.480. The fraction of sp³-hybridized carbons (Fsp3) is 0.190. The largest absolute Gasteiger partial charge is 0.342 e. The molecule has 0 bridgehead atoms. The van der Waals surface area contributed by atoms with Crippen LogP contribution in [0.4, 0.5) is 8.78 Å². The van der Waals surface area contributed by atoms with Crippen LogP contribution in [0.3, 0.4) is 0 Å². The van der Waals surface area contributed by atoms with E-state index in [-0.39, 0.29) is 11.7 Å². The molecule has 2 aromatic carbocycles. The topological polar surface area (TPSA) is 59.8 Å². The first-order chi connectivity index (χ1) is 14.0. The fourth-order valence-electron chi connectivity index (χ4n) is 3.27. The number of thiazole rings is 1. The first-order valence-electron chi connectivity index (χ1n) is 9.04. The maximum Gasteiger partial charge on any atom is 0.320 e. The maximum atomic E-state index is 13.7. The van der Waals surface area contributed by atoms with Crippen molar-refractivity contribution in [3.05, 3.63) is 70.3 Å². The van der Waals surface area contributed by atoms with Gasteiger partial charge in [-0.15, -0.1) is 11.3 Å². The van der Waals surface area contributed by atoms with Gasteiger partial charge in [0.25, 0.3) is 5.91 Å². The molecule has 2 heterocycles. The van der Waals surface area contributed by atoms with Gasteiger partial charge in [0.2, 0.25) is 0 Å². The number of carbonyl (C=O) groups is 1. The van der Waals surface area contributed by atoms with E-state index in [1.165, 1.54) is 11.3 Å². The zero-order valence-corrected chi connectivity index (χ0v) is 16.6. The van der Waals surface area contributed by atoms with Crippen molar-refractivity contribution in [2.24, 2.45) is 0 Å². The first kappa shape index (κ1) is 19.2. The highest BCUT2D eigenvalue weighted by Crippen LogP contribution is 2.30. The summed E-state index contributed by atoms with van der Waals surface area (Å²) >= 11 is 1.27. The molecule has 5 nitrogen and oxygen atoms in total. The van der Waals surface area contributed by atoms with Gasteiger partial charge in [-0.3, -0.25) is 9.36 Å². The lowest BCUT2D eigenvalue weighted by atomic mass is 10.1. The van der Waals surface area contributed by atoms with E-state index in [9.17, 15) is 13.6 Å². The third-order valence-electron chi connectivity index (χ3n) is 4.54. The van der Waals surface area contributed by atoms with Crippen molar-refractivity contribution >= 4 is 28.3 Å². The summed E-state index contributed by atoms with van der Waals surface area (Å²) in [5, 5.41) is 3.56. The summed E-state index contributed by atoms with van der Waals surface area (Å²) in [4.78, 5) is 22.2. The fourth-order valence-corrected chi connectivity index (χ4v) is 4.12. The summed E-state index contributed by atoms with van der Waals surface area (Å²) in [6.45, 7) is 0.712. The number of aryl methyl sites for hydroxylation is 1.